The van der Waals surface area contributed by atoms with E-state index >= 15 is 0 Å². The number of hydrogen-bond acceptors (Lipinski definition) is 4. The smallest absolute Gasteiger partial charge is 0.243 e. The highest BCUT2D eigenvalue weighted by Gasteiger charge is 2.29. The summed E-state index contributed by atoms with van der Waals surface area (Å²) in [6.07, 6.45) is 2.66. The van der Waals surface area contributed by atoms with Crippen LogP contribution in [0.25, 0.3) is 10.9 Å². The lowest BCUT2D eigenvalue weighted by atomic mass is 9.99. The third-order valence-corrected chi connectivity index (χ3v) is 6.06. The SMILES string of the molecule is CC(C)C(NC(=O)C(Nc1cccc(C(=N)N)c1)C(C)C)C(=O)NCCc1c[nH]c2ccccc12.Cl. The molecule has 8 nitrogen and oxygen atoms in total. The Bertz CT molecular complexity index is 1190. The number of rotatable bonds is 11. The van der Waals surface area contributed by atoms with E-state index in [4.69, 9.17) is 11.1 Å². The van der Waals surface area contributed by atoms with Crippen molar-refractivity contribution in [3.8, 4) is 0 Å². The Kier molecular flexibility index (Phi) is 10.3. The molecule has 2 atom stereocenters. The number of nitrogen functional groups attached to an aromatic ring is 1. The van der Waals surface area contributed by atoms with Gasteiger partial charge in [0.05, 0.1) is 0 Å². The molecular formula is C27H37ClN6O2. The van der Waals surface area contributed by atoms with Gasteiger partial charge < -0.3 is 26.7 Å². The van der Waals surface area contributed by atoms with Crippen LogP contribution in [0.15, 0.2) is 54.7 Å². The van der Waals surface area contributed by atoms with Crippen molar-refractivity contribution in [2.75, 3.05) is 11.9 Å². The van der Waals surface area contributed by atoms with Crippen molar-refractivity contribution < 1.29 is 9.59 Å². The molecule has 3 rings (SSSR count). The van der Waals surface area contributed by atoms with E-state index in [0.29, 0.717) is 24.2 Å². The van der Waals surface area contributed by atoms with Crippen molar-refractivity contribution in [3.63, 3.8) is 0 Å². The zero-order chi connectivity index (χ0) is 25.5. The number of carbonyl (C=O) groups excluding carboxylic acids is 2. The van der Waals surface area contributed by atoms with Crippen molar-refractivity contribution in [2.24, 2.45) is 17.6 Å². The number of carbonyl (C=O) groups is 2. The number of hydrogen-bond donors (Lipinski definition) is 6. The van der Waals surface area contributed by atoms with Crippen LogP contribution >= 0.6 is 12.4 Å². The monoisotopic (exact) mass is 512 g/mol. The molecule has 0 aliphatic carbocycles. The standard InChI is InChI=1S/C27H36N6O2.ClH/c1-16(2)23(26(34)30-13-12-19-15-31-22-11-6-5-10-21(19)22)33-27(35)24(17(3)4)32-20-9-7-8-18(14-20)25(28)29;/h5-11,14-17,23-24,31-32H,12-13H2,1-4H3,(H3,28,29)(H,30,34)(H,33,35);1H. The van der Waals surface area contributed by atoms with Gasteiger partial charge in [0.15, 0.2) is 0 Å². The molecule has 2 unspecified atom stereocenters. The first kappa shape index (κ1) is 28.7. The average molecular weight is 513 g/mol. The Labute approximate surface area is 218 Å². The summed E-state index contributed by atoms with van der Waals surface area (Å²) >= 11 is 0. The van der Waals surface area contributed by atoms with Gasteiger partial charge >= 0.3 is 0 Å². The molecule has 0 spiro atoms. The van der Waals surface area contributed by atoms with Crippen molar-refractivity contribution >= 4 is 46.6 Å². The van der Waals surface area contributed by atoms with Gasteiger partial charge in [-0.3, -0.25) is 15.0 Å². The molecule has 0 aliphatic rings. The summed E-state index contributed by atoms with van der Waals surface area (Å²) in [4.78, 5) is 29.5. The Morgan fingerprint density at radius 1 is 0.972 bits per heavy atom. The van der Waals surface area contributed by atoms with E-state index in [-0.39, 0.29) is 41.9 Å². The fourth-order valence-electron chi connectivity index (χ4n) is 4.04. The van der Waals surface area contributed by atoms with Gasteiger partial charge in [-0.25, -0.2) is 0 Å². The number of nitrogens with two attached hydrogens (primary N) is 1. The second kappa shape index (κ2) is 13.0. The van der Waals surface area contributed by atoms with Crippen LogP contribution in [0, 0.1) is 17.2 Å². The van der Waals surface area contributed by atoms with Gasteiger partial charge in [0.1, 0.15) is 17.9 Å². The van der Waals surface area contributed by atoms with E-state index in [9.17, 15) is 9.59 Å². The third-order valence-electron chi connectivity index (χ3n) is 6.06. The highest BCUT2D eigenvalue weighted by Crippen LogP contribution is 2.18. The van der Waals surface area contributed by atoms with Crippen LogP contribution in [0.1, 0.15) is 38.8 Å². The fourth-order valence-corrected chi connectivity index (χ4v) is 4.04. The first-order valence-electron chi connectivity index (χ1n) is 12.0. The number of nitrogens with one attached hydrogen (secondary N) is 5. The maximum atomic E-state index is 13.2. The summed E-state index contributed by atoms with van der Waals surface area (Å²) in [5.41, 5.74) is 9.07. The van der Waals surface area contributed by atoms with Gasteiger partial charge in [-0.1, -0.05) is 58.0 Å². The molecule has 0 radical (unpaired) electrons. The van der Waals surface area contributed by atoms with Gasteiger partial charge in [-0.15, -0.1) is 12.4 Å². The predicted octanol–water partition coefficient (Wildman–Crippen LogP) is 3.81. The zero-order valence-electron chi connectivity index (χ0n) is 21.2. The Hall–Kier alpha value is -3.52. The minimum absolute atomic E-state index is 0. The number of aromatic amines is 1. The largest absolute Gasteiger partial charge is 0.384 e. The molecule has 3 aromatic rings. The van der Waals surface area contributed by atoms with E-state index in [2.05, 4.69) is 27.0 Å². The van der Waals surface area contributed by atoms with Crippen LogP contribution in [0.3, 0.4) is 0 Å². The highest BCUT2D eigenvalue weighted by atomic mass is 35.5. The summed E-state index contributed by atoms with van der Waals surface area (Å²) in [7, 11) is 0. The van der Waals surface area contributed by atoms with Gasteiger partial charge in [0, 0.05) is 34.9 Å². The quantitative estimate of drug-likeness (QED) is 0.172. The van der Waals surface area contributed by atoms with Gasteiger partial charge in [-0.2, -0.15) is 0 Å². The molecular weight excluding hydrogens is 476 g/mol. The van der Waals surface area contributed by atoms with Crippen LogP contribution in [-0.4, -0.2) is 41.3 Å². The minimum Gasteiger partial charge on any atom is -0.384 e. The van der Waals surface area contributed by atoms with E-state index in [0.717, 1.165) is 16.5 Å². The van der Waals surface area contributed by atoms with Crippen LogP contribution in [-0.2, 0) is 16.0 Å². The lowest BCUT2D eigenvalue weighted by molar-refractivity contribution is -0.130. The maximum absolute atomic E-state index is 13.2. The molecule has 2 amide bonds. The topological polar surface area (TPSA) is 136 Å². The van der Waals surface area contributed by atoms with Gasteiger partial charge in [-0.05, 0) is 42.0 Å². The number of amidine groups is 1. The Morgan fingerprint density at radius 2 is 1.67 bits per heavy atom. The molecule has 0 aliphatic heterocycles. The molecule has 194 valence electrons. The molecule has 1 aromatic heterocycles. The molecule has 0 saturated heterocycles. The van der Waals surface area contributed by atoms with E-state index in [1.165, 1.54) is 0 Å². The van der Waals surface area contributed by atoms with Crippen LogP contribution in [0.4, 0.5) is 5.69 Å². The van der Waals surface area contributed by atoms with E-state index < -0.39 is 12.1 Å². The lowest BCUT2D eigenvalue weighted by Crippen LogP contribution is -2.54. The predicted molar refractivity (Wildman–Crippen MR) is 149 cm³/mol. The molecule has 0 fully saturated rings. The zero-order valence-corrected chi connectivity index (χ0v) is 22.0. The number of anilines is 1. The van der Waals surface area contributed by atoms with Crippen molar-refractivity contribution in [1.82, 2.24) is 15.6 Å². The molecule has 9 heteroatoms. The Morgan fingerprint density at radius 3 is 2.33 bits per heavy atom. The van der Waals surface area contributed by atoms with Crippen molar-refractivity contribution in [3.05, 3.63) is 65.9 Å². The number of amides is 2. The summed E-state index contributed by atoms with van der Waals surface area (Å²) in [5.74, 6) is -0.606. The maximum Gasteiger partial charge on any atom is 0.243 e. The summed E-state index contributed by atoms with van der Waals surface area (Å²) in [5, 5.41) is 17.9. The van der Waals surface area contributed by atoms with Crippen LogP contribution < -0.4 is 21.7 Å². The number of H-pyrrole nitrogens is 1. The first-order chi connectivity index (χ1) is 16.7. The van der Waals surface area contributed by atoms with Crippen molar-refractivity contribution in [2.45, 2.75) is 46.2 Å². The molecule has 1 heterocycles. The van der Waals surface area contributed by atoms with Gasteiger partial charge in [0.2, 0.25) is 11.8 Å². The fraction of sp³-hybridized carbons (Fsp3) is 0.370. The number of para-hydroxylation sites is 1. The van der Waals surface area contributed by atoms with E-state index in [1.54, 1.807) is 18.2 Å². The second-order valence-corrected chi connectivity index (χ2v) is 9.49. The summed E-state index contributed by atoms with van der Waals surface area (Å²) in [6.45, 7) is 8.19. The highest BCUT2D eigenvalue weighted by molar-refractivity contribution is 5.96. The summed E-state index contributed by atoms with van der Waals surface area (Å²) < 4.78 is 0. The van der Waals surface area contributed by atoms with Crippen molar-refractivity contribution in [1.29, 1.82) is 5.41 Å². The van der Waals surface area contributed by atoms with Crippen LogP contribution in [0.5, 0.6) is 0 Å². The second-order valence-electron chi connectivity index (χ2n) is 9.49. The summed E-state index contributed by atoms with van der Waals surface area (Å²) in [6, 6.07) is 13.9. The number of aromatic nitrogens is 1. The third kappa shape index (κ3) is 7.24. The molecule has 0 bridgehead atoms. The molecule has 36 heavy (non-hydrogen) atoms. The molecule has 0 saturated carbocycles. The number of benzene rings is 2. The molecule has 7 N–H and O–H groups in total. The lowest BCUT2D eigenvalue weighted by Gasteiger charge is -2.27. The Balaban J connectivity index is 0.00000456. The first-order valence-corrected chi connectivity index (χ1v) is 12.0. The number of halogens is 1. The van der Waals surface area contributed by atoms with Crippen LogP contribution in [0.2, 0.25) is 0 Å². The van der Waals surface area contributed by atoms with E-state index in [1.807, 2.05) is 58.2 Å². The minimum atomic E-state index is -0.655. The number of fused-ring (bicyclic) bond motifs is 1. The normalized spacial score (nSPS) is 12.6. The van der Waals surface area contributed by atoms with Gasteiger partial charge in [0.25, 0.3) is 0 Å². The average Bonchev–Trinajstić information content (AvgIpc) is 3.23. The molecule has 2 aromatic carbocycles.